The molecule has 1 amide bonds. The highest BCUT2D eigenvalue weighted by Gasteiger charge is 2.16. The van der Waals surface area contributed by atoms with E-state index in [4.69, 9.17) is 9.52 Å². The van der Waals surface area contributed by atoms with Crippen molar-refractivity contribution in [2.75, 3.05) is 6.61 Å². The number of aliphatic hydroxyl groups is 1. The van der Waals surface area contributed by atoms with E-state index in [0.717, 1.165) is 0 Å². The fourth-order valence-electron chi connectivity index (χ4n) is 1.76. The monoisotopic (exact) mass is 261 g/mol. The van der Waals surface area contributed by atoms with Crippen molar-refractivity contribution in [3.8, 4) is 0 Å². The minimum Gasteiger partial charge on any atom is -0.422 e. The normalized spacial score (nSPS) is 12.3. The summed E-state index contributed by atoms with van der Waals surface area (Å²) in [5, 5.41) is 12.3. The minimum absolute atomic E-state index is 0.0504. The summed E-state index contributed by atoms with van der Waals surface area (Å²) in [6.45, 7) is 1.67. The van der Waals surface area contributed by atoms with Crippen LogP contribution in [-0.4, -0.2) is 23.7 Å². The van der Waals surface area contributed by atoms with Gasteiger partial charge in [0.1, 0.15) is 11.1 Å². The van der Waals surface area contributed by atoms with Crippen molar-refractivity contribution in [3.63, 3.8) is 0 Å². The van der Waals surface area contributed by atoms with E-state index in [1.165, 1.54) is 6.07 Å². The first-order valence-corrected chi connectivity index (χ1v) is 6.10. The largest absolute Gasteiger partial charge is 0.422 e. The number of hydrogen-bond donors (Lipinski definition) is 2. The van der Waals surface area contributed by atoms with E-state index >= 15 is 0 Å². The molecule has 0 bridgehead atoms. The Kier molecular flexibility index (Phi) is 3.97. The lowest BCUT2D eigenvalue weighted by atomic mass is 10.1. The zero-order valence-corrected chi connectivity index (χ0v) is 10.6. The molecule has 0 aliphatic heterocycles. The minimum atomic E-state index is -0.677. The number of fused-ring (bicyclic) bond motifs is 1. The average molecular weight is 261 g/mol. The third-order valence-electron chi connectivity index (χ3n) is 2.93. The van der Waals surface area contributed by atoms with E-state index in [9.17, 15) is 9.59 Å². The molecule has 2 N–H and O–H groups in total. The van der Waals surface area contributed by atoms with Gasteiger partial charge in [-0.1, -0.05) is 25.1 Å². The van der Waals surface area contributed by atoms with Crippen LogP contribution in [0.4, 0.5) is 0 Å². The molecule has 0 radical (unpaired) electrons. The van der Waals surface area contributed by atoms with Crippen LogP contribution in [0, 0.1) is 0 Å². The summed E-state index contributed by atoms with van der Waals surface area (Å²) in [6, 6.07) is 8.12. The van der Waals surface area contributed by atoms with Crippen LogP contribution in [0.15, 0.2) is 39.5 Å². The average Bonchev–Trinajstić information content (AvgIpc) is 2.43. The highest BCUT2D eigenvalue weighted by Crippen LogP contribution is 2.12. The lowest BCUT2D eigenvalue weighted by Gasteiger charge is -2.13. The van der Waals surface area contributed by atoms with Crippen LogP contribution in [-0.2, 0) is 0 Å². The lowest BCUT2D eigenvalue weighted by Crippen LogP contribution is -2.38. The van der Waals surface area contributed by atoms with Gasteiger partial charge in [0, 0.05) is 5.39 Å². The molecule has 0 fully saturated rings. The van der Waals surface area contributed by atoms with Crippen LogP contribution in [0.5, 0.6) is 0 Å². The summed E-state index contributed by atoms with van der Waals surface area (Å²) >= 11 is 0. The van der Waals surface area contributed by atoms with Gasteiger partial charge in [-0.15, -0.1) is 0 Å². The van der Waals surface area contributed by atoms with Gasteiger partial charge >= 0.3 is 5.63 Å². The number of hydrogen-bond acceptors (Lipinski definition) is 4. The predicted octanol–water partition coefficient (Wildman–Crippen LogP) is 1.29. The first kappa shape index (κ1) is 13.3. The molecule has 19 heavy (non-hydrogen) atoms. The third kappa shape index (κ3) is 2.82. The first-order valence-electron chi connectivity index (χ1n) is 6.10. The van der Waals surface area contributed by atoms with Crippen molar-refractivity contribution in [1.29, 1.82) is 0 Å². The van der Waals surface area contributed by atoms with Crippen LogP contribution in [0.2, 0.25) is 0 Å². The number of carbonyl (C=O) groups is 1. The molecule has 1 heterocycles. The van der Waals surface area contributed by atoms with Crippen LogP contribution in [0.1, 0.15) is 23.7 Å². The Morgan fingerprint density at radius 1 is 1.42 bits per heavy atom. The standard InChI is InChI=1S/C14H15NO4/c1-2-10(8-16)15-13(17)11-7-9-5-3-4-6-12(9)19-14(11)18/h3-7,10,16H,2,8H2,1H3,(H,15,17)/t10-/m1/s1. The predicted molar refractivity (Wildman–Crippen MR) is 71.1 cm³/mol. The molecule has 0 aliphatic carbocycles. The van der Waals surface area contributed by atoms with E-state index in [0.29, 0.717) is 17.4 Å². The quantitative estimate of drug-likeness (QED) is 0.813. The number of carbonyl (C=O) groups excluding carboxylic acids is 1. The van der Waals surface area contributed by atoms with Gasteiger partial charge in [-0.25, -0.2) is 4.79 Å². The van der Waals surface area contributed by atoms with E-state index in [-0.39, 0.29) is 18.2 Å². The van der Waals surface area contributed by atoms with Crippen molar-refractivity contribution in [2.24, 2.45) is 0 Å². The zero-order chi connectivity index (χ0) is 13.8. The number of rotatable bonds is 4. The molecule has 0 saturated heterocycles. The van der Waals surface area contributed by atoms with Gasteiger partial charge in [-0.05, 0) is 18.6 Å². The number of nitrogens with one attached hydrogen (secondary N) is 1. The third-order valence-corrected chi connectivity index (χ3v) is 2.93. The molecule has 100 valence electrons. The van der Waals surface area contributed by atoms with Gasteiger partial charge in [0.15, 0.2) is 0 Å². The smallest absolute Gasteiger partial charge is 0.349 e. The van der Waals surface area contributed by atoms with Gasteiger partial charge < -0.3 is 14.8 Å². The van der Waals surface area contributed by atoms with Crippen LogP contribution in [0.3, 0.4) is 0 Å². The fraction of sp³-hybridized carbons (Fsp3) is 0.286. The molecule has 5 heteroatoms. The van der Waals surface area contributed by atoms with Gasteiger partial charge in [0.25, 0.3) is 5.91 Å². The molecule has 0 aliphatic rings. The molecular formula is C14H15NO4. The van der Waals surface area contributed by atoms with E-state index in [2.05, 4.69) is 5.32 Å². The van der Waals surface area contributed by atoms with Crippen LogP contribution in [0.25, 0.3) is 11.0 Å². The SMILES string of the molecule is CC[C@H](CO)NC(=O)c1cc2ccccc2oc1=O. The van der Waals surface area contributed by atoms with E-state index in [1.54, 1.807) is 24.3 Å². The summed E-state index contributed by atoms with van der Waals surface area (Å²) in [6.07, 6.45) is 0.584. The maximum absolute atomic E-state index is 12.0. The molecule has 2 rings (SSSR count). The first-order chi connectivity index (χ1) is 9.15. The summed E-state index contributed by atoms with van der Waals surface area (Å²) in [5.74, 6) is -0.527. The number of aliphatic hydroxyl groups excluding tert-OH is 1. The van der Waals surface area contributed by atoms with E-state index < -0.39 is 11.5 Å². The highest BCUT2D eigenvalue weighted by atomic mass is 16.4. The topological polar surface area (TPSA) is 79.5 Å². The molecule has 0 unspecified atom stereocenters. The molecule has 1 aromatic carbocycles. The molecule has 0 spiro atoms. The fourth-order valence-corrected chi connectivity index (χ4v) is 1.76. The second-order valence-electron chi connectivity index (χ2n) is 4.25. The Morgan fingerprint density at radius 2 is 2.16 bits per heavy atom. The van der Waals surface area contributed by atoms with Gasteiger partial charge in [-0.2, -0.15) is 0 Å². The van der Waals surface area contributed by atoms with Crippen molar-refractivity contribution >= 4 is 16.9 Å². The van der Waals surface area contributed by atoms with E-state index in [1.807, 2.05) is 6.92 Å². The van der Waals surface area contributed by atoms with Crippen molar-refractivity contribution in [3.05, 3.63) is 46.3 Å². The molecule has 0 saturated carbocycles. The van der Waals surface area contributed by atoms with Crippen LogP contribution >= 0.6 is 0 Å². The Morgan fingerprint density at radius 3 is 2.84 bits per heavy atom. The number of benzene rings is 1. The maximum Gasteiger partial charge on any atom is 0.349 e. The Labute approximate surface area is 109 Å². The number of para-hydroxylation sites is 1. The van der Waals surface area contributed by atoms with Gasteiger partial charge in [-0.3, -0.25) is 4.79 Å². The second-order valence-corrected chi connectivity index (χ2v) is 4.25. The van der Waals surface area contributed by atoms with Crippen molar-refractivity contribution in [1.82, 2.24) is 5.32 Å². The highest BCUT2D eigenvalue weighted by molar-refractivity contribution is 5.96. The summed E-state index contributed by atoms with van der Waals surface area (Å²) in [5.41, 5.74) is -0.284. The Hall–Kier alpha value is -2.14. The van der Waals surface area contributed by atoms with Crippen LogP contribution < -0.4 is 10.9 Å². The molecule has 5 nitrogen and oxygen atoms in total. The zero-order valence-electron chi connectivity index (χ0n) is 10.6. The second kappa shape index (κ2) is 5.67. The summed E-state index contributed by atoms with van der Waals surface area (Å²) in [7, 11) is 0. The van der Waals surface area contributed by atoms with Crippen molar-refractivity contribution in [2.45, 2.75) is 19.4 Å². The lowest BCUT2D eigenvalue weighted by molar-refractivity contribution is 0.0911. The molecular weight excluding hydrogens is 246 g/mol. The molecule has 2 aromatic rings. The maximum atomic E-state index is 12.0. The van der Waals surface area contributed by atoms with Crippen molar-refractivity contribution < 1.29 is 14.3 Å². The molecule has 1 atom stereocenters. The number of amides is 1. The van der Waals surface area contributed by atoms with Gasteiger partial charge in [0.2, 0.25) is 0 Å². The molecule has 1 aromatic heterocycles. The Balaban J connectivity index is 2.36. The summed E-state index contributed by atoms with van der Waals surface area (Å²) < 4.78 is 5.08. The van der Waals surface area contributed by atoms with Gasteiger partial charge in [0.05, 0.1) is 12.6 Å². The Bertz CT molecular complexity index is 643. The summed E-state index contributed by atoms with van der Waals surface area (Å²) in [4.78, 5) is 23.7.